The van der Waals surface area contributed by atoms with E-state index in [0.717, 1.165) is 65.5 Å². The van der Waals surface area contributed by atoms with Crippen LogP contribution in [-0.2, 0) is 16.4 Å². The van der Waals surface area contributed by atoms with Crippen molar-refractivity contribution in [2.45, 2.75) is 95.0 Å². The molecular weight excluding hydrogens is 518 g/mol. The van der Waals surface area contributed by atoms with Crippen LogP contribution < -0.4 is 14.8 Å². The van der Waals surface area contributed by atoms with Gasteiger partial charge in [-0.2, -0.15) is 4.73 Å². The first-order valence-corrected chi connectivity index (χ1v) is 16.0. The fraction of sp³-hybridized carbons (Fsp3) is 0.517. The molecule has 5 rings (SSSR count). The van der Waals surface area contributed by atoms with Gasteiger partial charge in [0.25, 0.3) is 0 Å². The number of thiazole rings is 1. The number of fused-ring (bicyclic) bond motifs is 1. The van der Waals surface area contributed by atoms with Gasteiger partial charge in [-0.15, -0.1) is 0 Å². The van der Waals surface area contributed by atoms with Gasteiger partial charge in [-0.3, -0.25) is 4.79 Å². The molecular formula is C29H37N3O4S2. The molecule has 2 saturated carbocycles. The Balaban J connectivity index is 1.63. The second kappa shape index (κ2) is 10.6. The third-order valence-electron chi connectivity index (χ3n) is 7.59. The summed E-state index contributed by atoms with van der Waals surface area (Å²) in [4.78, 5) is 14.1. The van der Waals surface area contributed by atoms with Crippen molar-refractivity contribution in [1.29, 1.82) is 0 Å². The van der Waals surface area contributed by atoms with Crippen LogP contribution in [0.15, 0.2) is 41.3 Å². The summed E-state index contributed by atoms with van der Waals surface area (Å²) in [5.74, 6) is 0.0884. The molecule has 38 heavy (non-hydrogen) atoms. The number of carbonyl (C=O) groups excluding carboxylic acids is 1. The topological polar surface area (TPSA) is 102 Å². The number of benzene rings is 2. The maximum absolute atomic E-state index is 13.6. The van der Waals surface area contributed by atoms with Crippen LogP contribution >= 0.6 is 11.3 Å². The number of amides is 1. The number of rotatable bonds is 7. The number of aromatic nitrogens is 1. The second-order valence-corrected chi connectivity index (χ2v) is 14.4. The highest BCUT2D eigenvalue weighted by Gasteiger charge is 2.34. The number of nitrogens with zero attached hydrogens (tertiary/aromatic N) is 1. The van der Waals surface area contributed by atoms with Crippen molar-refractivity contribution < 1.29 is 17.9 Å². The Kier molecular flexibility index (Phi) is 7.55. The fourth-order valence-electron chi connectivity index (χ4n) is 5.56. The first-order valence-electron chi connectivity index (χ1n) is 13.7. The Morgan fingerprint density at radius 1 is 1.00 bits per heavy atom. The lowest BCUT2D eigenvalue weighted by Crippen LogP contribution is -2.45. The van der Waals surface area contributed by atoms with Crippen molar-refractivity contribution in [2.24, 2.45) is 5.92 Å². The molecule has 2 N–H and O–H groups in total. The molecule has 9 heteroatoms. The van der Waals surface area contributed by atoms with E-state index in [1.165, 1.54) is 17.8 Å². The molecule has 2 aliphatic rings. The molecule has 3 aromatic rings. The van der Waals surface area contributed by atoms with Gasteiger partial charge in [0.2, 0.25) is 15.7 Å². The second-order valence-electron chi connectivity index (χ2n) is 11.8. The molecule has 2 aliphatic carbocycles. The predicted molar refractivity (Wildman–Crippen MR) is 152 cm³/mol. The number of hydrogen-bond donors (Lipinski definition) is 2. The molecule has 0 radical (unpaired) electrons. The molecule has 1 amide bonds. The summed E-state index contributed by atoms with van der Waals surface area (Å²) in [6.07, 6.45) is 9.31. The molecule has 2 aromatic carbocycles. The van der Waals surface area contributed by atoms with E-state index in [9.17, 15) is 18.4 Å². The summed E-state index contributed by atoms with van der Waals surface area (Å²) in [5, 5.41) is 18.2. The van der Waals surface area contributed by atoms with Gasteiger partial charge in [-0.05, 0) is 70.2 Å². The molecule has 7 nitrogen and oxygen atoms in total. The molecule has 2 fully saturated rings. The Morgan fingerprint density at radius 3 is 2.32 bits per heavy atom. The van der Waals surface area contributed by atoms with Crippen LogP contribution in [0.5, 0.6) is 0 Å². The summed E-state index contributed by atoms with van der Waals surface area (Å²) in [6.45, 7) is 5.44. The van der Waals surface area contributed by atoms with E-state index < -0.39 is 15.6 Å². The van der Waals surface area contributed by atoms with Crippen LogP contribution in [0.25, 0.3) is 21.2 Å². The van der Waals surface area contributed by atoms with E-state index in [0.29, 0.717) is 23.4 Å². The maximum Gasteiger partial charge on any atom is 0.339 e. The third-order valence-corrected chi connectivity index (χ3v) is 10.6. The highest BCUT2D eigenvalue weighted by molar-refractivity contribution is 7.89. The summed E-state index contributed by atoms with van der Waals surface area (Å²) in [7, 11) is -3.78. The van der Waals surface area contributed by atoms with Crippen LogP contribution in [0.4, 0.5) is 0 Å². The van der Waals surface area contributed by atoms with Gasteiger partial charge in [0, 0.05) is 29.0 Å². The molecule has 1 aromatic heterocycles. The Hall–Kier alpha value is -2.49. The minimum absolute atomic E-state index is 0.135. The standard InChI is InChI=1S/C29H37N3O4S2/c1-29(2,3)31-38(35,36)25-17-16-23(21-14-7-8-15-22(21)25)26-24(18-19-10-5-4-6-11-19)32(34)28(37-26)27(33)30-20-12-9-13-20/h7-8,14-17,19-20,31H,4-6,9-13,18H2,1-3H3,(H,30,33). The average Bonchev–Trinajstić information content (AvgIpc) is 3.15. The van der Waals surface area contributed by atoms with E-state index in [-0.39, 0.29) is 21.9 Å². The predicted octanol–water partition coefficient (Wildman–Crippen LogP) is 5.68. The summed E-state index contributed by atoms with van der Waals surface area (Å²) in [5.41, 5.74) is 0.781. The number of nitrogens with one attached hydrogen (secondary N) is 2. The van der Waals surface area contributed by atoms with Crippen molar-refractivity contribution in [2.75, 3.05) is 0 Å². The van der Waals surface area contributed by atoms with Crippen molar-refractivity contribution >= 4 is 38.0 Å². The van der Waals surface area contributed by atoms with Crippen LogP contribution in [0.3, 0.4) is 0 Å². The Bertz CT molecular complexity index is 1450. The average molecular weight is 556 g/mol. The van der Waals surface area contributed by atoms with E-state index >= 15 is 0 Å². The monoisotopic (exact) mass is 555 g/mol. The van der Waals surface area contributed by atoms with Crippen molar-refractivity contribution in [3.8, 4) is 10.4 Å². The minimum Gasteiger partial charge on any atom is -0.617 e. The van der Waals surface area contributed by atoms with Gasteiger partial charge >= 0.3 is 10.9 Å². The molecule has 0 atom stereocenters. The normalized spacial score (nSPS) is 17.4. The number of sulfonamides is 1. The summed E-state index contributed by atoms with van der Waals surface area (Å²) >= 11 is 1.22. The minimum atomic E-state index is -3.78. The quantitative estimate of drug-likeness (QED) is 0.289. The molecule has 0 saturated heterocycles. The van der Waals surface area contributed by atoms with Crippen LogP contribution in [-0.4, -0.2) is 25.9 Å². The van der Waals surface area contributed by atoms with Crippen LogP contribution in [0.1, 0.15) is 87.6 Å². The fourth-order valence-corrected chi connectivity index (χ4v) is 8.30. The lowest BCUT2D eigenvalue weighted by molar-refractivity contribution is -0.610. The SMILES string of the molecule is CC(C)(C)NS(=O)(=O)c1ccc(-c2sc(C(=O)NC3CCC3)[n+]([O-])c2CC2CCCCC2)c2ccccc12. The highest BCUT2D eigenvalue weighted by Crippen LogP contribution is 2.39. The zero-order chi connectivity index (χ0) is 27.1. The van der Waals surface area contributed by atoms with Crippen molar-refractivity contribution in [1.82, 2.24) is 10.0 Å². The zero-order valence-electron chi connectivity index (χ0n) is 22.4. The van der Waals surface area contributed by atoms with E-state index in [1.54, 1.807) is 18.2 Å². The molecule has 0 unspecified atom stereocenters. The molecule has 0 spiro atoms. The maximum atomic E-state index is 13.6. The number of carbonyl (C=O) groups is 1. The van der Waals surface area contributed by atoms with Gasteiger partial charge in [0.15, 0.2) is 0 Å². The number of hydrogen-bond acceptors (Lipinski definition) is 5. The van der Waals surface area contributed by atoms with Gasteiger partial charge in [0.05, 0.1) is 4.90 Å². The molecule has 0 aliphatic heterocycles. The summed E-state index contributed by atoms with van der Waals surface area (Å²) in [6, 6.07) is 11.0. The van der Waals surface area contributed by atoms with Gasteiger partial charge in [-0.25, -0.2) is 13.1 Å². The highest BCUT2D eigenvalue weighted by atomic mass is 32.2. The van der Waals surface area contributed by atoms with Gasteiger partial charge in [0.1, 0.15) is 4.88 Å². The first-order chi connectivity index (χ1) is 18.0. The van der Waals surface area contributed by atoms with Crippen LogP contribution in [0.2, 0.25) is 0 Å². The van der Waals surface area contributed by atoms with Crippen LogP contribution in [0, 0.1) is 11.1 Å². The lowest BCUT2D eigenvalue weighted by Gasteiger charge is -2.25. The smallest absolute Gasteiger partial charge is 0.339 e. The van der Waals surface area contributed by atoms with Gasteiger partial charge < -0.3 is 10.5 Å². The Labute approximate surface area is 229 Å². The Morgan fingerprint density at radius 2 is 1.68 bits per heavy atom. The lowest BCUT2D eigenvalue weighted by atomic mass is 9.85. The van der Waals surface area contributed by atoms with Crippen molar-refractivity contribution in [3.63, 3.8) is 0 Å². The van der Waals surface area contributed by atoms with E-state index in [1.807, 2.05) is 39.0 Å². The van der Waals surface area contributed by atoms with E-state index in [2.05, 4.69) is 10.0 Å². The van der Waals surface area contributed by atoms with Crippen molar-refractivity contribution in [3.05, 3.63) is 52.3 Å². The molecule has 1 heterocycles. The molecule has 204 valence electrons. The zero-order valence-corrected chi connectivity index (χ0v) is 24.0. The third kappa shape index (κ3) is 5.60. The first kappa shape index (κ1) is 27.1. The molecule has 0 bridgehead atoms. The van der Waals surface area contributed by atoms with E-state index in [4.69, 9.17) is 0 Å². The van der Waals surface area contributed by atoms with Gasteiger partial charge in [-0.1, -0.05) is 60.9 Å². The largest absolute Gasteiger partial charge is 0.617 e. The summed E-state index contributed by atoms with van der Waals surface area (Å²) < 4.78 is 30.2.